The Labute approximate surface area is 154 Å². The van der Waals surface area contributed by atoms with Gasteiger partial charge in [0.25, 0.3) is 0 Å². The molecule has 0 bridgehead atoms. The zero-order valence-electron chi connectivity index (χ0n) is 17.0. The largest absolute Gasteiger partial charge is 0.550 e. The van der Waals surface area contributed by atoms with Gasteiger partial charge in [0.1, 0.15) is 6.54 Å². The van der Waals surface area contributed by atoms with E-state index in [9.17, 15) is 14.7 Å². The molecule has 2 unspecified atom stereocenters. The van der Waals surface area contributed by atoms with E-state index in [0.717, 1.165) is 12.8 Å². The summed E-state index contributed by atoms with van der Waals surface area (Å²) in [6.45, 7) is 4.86. The number of carbonyl (C=O) groups excluding carboxylic acids is 2. The Morgan fingerprint density at radius 1 is 1.00 bits per heavy atom. The molecule has 2 atom stereocenters. The van der Waals surface area contributed by atoms with Gasteiger partial charge in [-0.15, -0.1) is 0 Å². The maximum atomic E-state index is 12.0. The molecule has 0 aromatic heterocycles. The van der Waals surface area contributed by atoms with Gasteiger partial charge in [-0.2, -0.15) is 0 Å². The van der Waals surface area contributed by atoms with Crippen molar-refractivity contribution in [2.24, 2.45) is 5.92 Å². The van der Waals surface area contributed by atoms with E-state index in [1.807, 2.05) is 21.1 Å². The number of quaternary nitrogens is 1. The standard InChI is InChI=1S/C20H39NO4/c1-6-7-8-9-10-11-12-17(2)13-14-20(24)25-18(15-19(22)23)16-21(3,4)5/h17-18H,6-16H2,1-5H3. The van der Waals surface area contributed by atoms with Crippen molar-refractivity contribution < 1.29 is 23.9 Å². The predicted molar refractivity (Wildman–Crippen MR) is 98.8 cm³/mol. The molecule has 0 N–H and O–H groups in total. The lowest BCUT2D eigenvalue weighted by atomic mass is 9.97. The van der Waals surface area contributed by atoms with Crippen LogP contribution in [0.15, 0.2) is 0 Å². The van der Waals surface area contributed by atoms with Crippen LogP contribution in [0.4, 0.5) is 0 Å². The highest BCUT2D eigenvalue weighted by molar-refractivity contribution is 5.70. The monoisotopic (exact) mass is 357 g/mol. The minimum Gasteiger partial charge on any atom is -0.550 e. The Balaban J connectivity index is 4.02. The summed E-state index contributed by atoms with van der Waals surface area (Å²) in [5.41, 5.74) is 0. The first-order chi connectivity index (χ1) is 11.6. The van der Waals surface area contributed by atoms with Gasteiger partial charge in [0, 0.05) is 18.8 Å². The molecule has 5 heteroatoms. The van der Waals surface area contributed by atoms with Gasteiger partial charge in [0.05, 0.1) is 21.1 Å². The number of hydrogen-bond donors (Lipinski definition) is 0. The zero-order chi connectivity index (χ0) is 19.3. The summed E-state index contributed by atoms with van der Waals surface area (Å²) in [5.74, 6) is -0.978. The van der Waals surface area contributed by atoms with Crippen LogP contribution in [0.5, 0.6) is 0 Å². The fourth-order valence-electron chi connectivity index (χ4n) is 2.97. The highest BCUT2D eigenvalue weighted by Crippen LogP contribution is 2.17. The average Bonchev–Trinajstić information content (AvgIpc) is 2.46. The van der Waals surface area contributed by atoms with E-state index in [4.69, 9.17) is 4.74 Å². The molecule has 0 aromatic rings. The van der Waals surface area contributed by atoms with Crippen LogP contribution in [0.1, 0.15) is 78.1 Å². The molecule has 0 rings (SSSR count). The normalized spacial score (nSPS) is 14.1. The van der Waals surface area contributed by atoms with E-state index in [1.165, 1.54) is 38.5 Å². The molecule has 0 saturated heterocycles. The van der Waals surface area contributed by atoms with E-state index >= 15 is 0 Å². The molecule has 0 aromatic carbocycles. The molecule has 25 heavy (non-hydrogen) atoms. The number of carboxylic acid groups (broad SMARTS) is 1. The van der Waals surface area contributed by atoms with Crippen LogP contribution in [0, 0.1) is 5.92 Å². The van der Waals surface area contributed by atoms with Gasteiger partial charge in [0.15, 0.2) is 6.10 Å². The number of esters is 1. The Morgan fingerprint density at radius 2 is 1.60 bits per heavy atom. The number of carboxylic acids is 1. The van der Waals surface area contributed by atoms with Crippen molar-refractivity contribution >= 4 is 11.9 Å². The summed E-state index contributed by atoms with van der Waals surface area (Å²) < 4.78 is 5.92. The number of nitrogens with zero attached hydrogens (tertiary/aromatic N) is 1. The number of unbranched alkanes of at least 4 members (excludes halogenated alkanes) is 5. The molecule has 0 saturated carbocycles. The summed E-state index contributed by atoms with van der Waals surface area (Å²) in [7, 11) is 5.83. The van der Waals surface area contributed by atoms with Crippen molar-refractivity contribution in [2.75, 3.05) is 27.7 Å². The molecule has 0 amide bonds. The average molecular weight is 358 g/mol. The first kappa shape index (κ1) is 23.9. The van der Waals surface area contributed by atoms with Crippen molar-refractivity contribution in [1.29, 1.82) is 0 Å². The number of hydrogen-bond acceptors (Lipinski definition) is 4. The maximum Gasteiger partial charge on any atom is 0.306 e. The quantitative estimate of drug-likeness (QED) is 0.257. The number of rotatable bonds is 15. The van der Waals surface area contributed by atoms with Gasteiger partial charge in [-0.1, -0.05) is 58.8 Å². The Morgan fingerprint density at radius 3 is 2.16 bits per heavy atom. The highest BCUT2D eigenvalue weighted by atomic mass is 16.5. The zero-order valence-corrected chi connectivity index (χ0v) is 17.0. The maximum absolute atomic E-state index is 12.0. The summed E-state index contributed by atoms with van der Waals surface area (Å²) in [6, 6.07) is 0. The minimum atomic E-state index is -1.18. The van der Waals surface area contributed by atoms with Crippen LogP contribution in [0.2, 0.25) is 0 Å². The molecule has 0 aliphatic rings. The summed E-state index contributed by atoms with van der Waals surface area (Å²) in [6.07, 6.45) is 9.14. The van der Waals surface area contributed by atoms with E-state index in [1.54, 1.807) is 0 Å². The molecule has 0 fully saturated rings. The van der Waals surface area contributed by atoms with Gasteiger partial charge in [-0.3, -0.25) is 4.79 Å². The molecule has 0 heterocycles. The van der Waals surface area contributed by atoms with Gasteiger partial charge in [-0.25, -0.2) is 0 Å². The Hall–Kier alpha value is -1.10. The first-order valence-corrected chi connectivity index (χ1v) is 9.83. The second kappa shape index (κ2) is 13.2. The SMILES string of the molecule is CCCCCCCCC(C)CCC(=O)OC(CC(=O)[O-])C[N+](C)(C)C. The predicted octanol–water partition coefficient (Wildman–Crippen LogP) is 2.91. The molecule has 0 spiro atoms. The number of likely N-dealkylation sites (N-methyl/N-ethyl adjacent to an activating group) is 1. The van der Waals surface area contributed by atoms with Crippen LogP contribution in [-0.2, 0) is 14.3 Å². The lowest BCUT2D eigenvalue weighted by Gasteiger charge is -2.29. The van der Waals surface area contributed by atoms with E-state index in [0.29, 0.717) is 23.4 Å². The summed E-state index contributed by atoms with van der Waals surface area (Å²) in [4.78, 5) is 22.9. The molecule has 0 radical (unpaired) electrons. The molecular weight excluding hydrogens is 318 g/mol. The fourth-order valence-corrected chi connectivity index (χ4v) is 2.97. The van der Waals surface area contributed by atoms with E-state index < -0.39 is 12.1 Å². The van der Waals surface area contributed by atoms with Crippen molar-refractivity contribution in [3.05, 3.63) is 0 Å². The van der Waals surface area contributed by atoms with Gasteiger partial charge in [0.2, 0.25) is 0 Å². The van der Waals surface area contributed by atoms with E-state index in [2.05, 4.69) is 13.8 Å². The van der Waals surface area contributed by atoms with Gasteiger partial charge < -0.3 is 19.1 Å². The van der Waals surface area contributed by atoms with Crippen LogP contribution < -0.4 is 5.11 Å². The van der Waals surface area contributed by atoms with Crippen LogP contribution in [0.25, 0.3) is 0 Å². The van der Waals surface area contributed by atoms with Crippen molar-refractivity contribution in [1.82, 2.24) is 0 Å². The number of carbonyl (C=O) groups is 2. The van der Waals surface area contributed by atoms with Crippen molar-refractivity contribution in [2.45, 2.75) is 84.2 Å². The Bertz CT molecular complexity index is 376. The van der Waals surface area contributed by atoms with Crippen LogP contribution in [-0.4, -0.2) is 50.2 Å². The van der Waals surface area contributed by atoms with E-state index in [-0.39, 0.29) is 12.4 Å². The second-order valence-electron chi connectivity index (χ2n) is 8.36. The minimum absolute atomic E-state index is 0.241. The third-order valence-electron chi connectivity index (χ3n) is 4.34. The third kappa shape index (κ3) is 16.1. The summed E-state index contributed by atoms with van der Waals surface area (Å²) in [5, 5.41) is 10.8. The van der Waals surface area contributed by atoms with Crippen LogP contribution >= 0.6 is 0 Å². The lowest BCUT2D eigenvalue weighted by molar-refractivity contribution is -0.873. The molecule has 0 aliphatic heterocycles. The molecular formula is C20H39NO4. The van der Waals surface area contributed by atoms with Crippen molar-refractivity contribution in [3.63, 3.8) is 0 Å². The number of ether oxygens (including phenoxy) is 1. The fraction of sp³-hybridized carbons (Fsp3) is 0.900. The van der Waals surface area contributed by atoms with Gasteiger partial charge >= 0.3 is 5.97 Å². The summed E-state index contributed by atoms with van der Waals surface area (Å²) >= 11 is 0. The smallest absolute Gasteiger partial charge is 0.306 e. The Kier molecular flexibility index (Phi) is 12.6. The number of aliphatic carboxylic acids is 1. The topological polar surface area (TPSA) is 66.4 Å². The molecule has 148 valence electrons. The molecule has 5 nitrogen and oxygen atoms in total. The lowest BCUT2D eigenvalue weighted by Crippen LogP contribution is -2.45. The van der Waals surface area contributed by atoms with Gasteiger partial charge in [-0.05, 0) is 12.3 Å². The second-order valence-corrected chi connectivity index (χ2v) is 8.36. The first-order valence-electron chi connectivity index (χ1n) is 9.83. The highest BCUT2D eigenvalue weighted by Gasteiger charge is 2.22. The van der Waals surface area contributed by atoms with Crippen molar-refractivity contribution in [3.8, 4) is 0 Å². The molecule has 0 aliphatic carbocycles. The van der Waals surface area contributed by atoms with Crippen LogP contribution in [0.3, 0.4) is 0 Å². The third-order valence-corrected chi connectivity index (χ3v) is 4.34.